The molecule has 3 aromatic rings. The fraction of sp³-hybridized carbons (Fsp3) is 0.174. The quantitative estimate of drug-likeness (QED) is 0.689. The van der Waals surface area contributed by atoms with E-state index in [0.29, 0.717) is 5.75 Å². The van der Waals surface area contributed by atoms with Gasteiger partial charge in [-0.3, -0.25) is 4.79 Å². The fourth-order valence-corrected chi connectivity index (χ4v) is 2.75. The van der Waals surface area contributed by atoms with E-state index in [4.69, 9.17) is 4.74 Å². The van der Waals surface area contributed by atoms with E-state index in [1.54, 1.807) is 0 Å². The first-order valence-corrected chi connectivity index (χ1v) is 8.76. The largest absolute Gasteiger partial charge is 0.484 e. The number of carbonyl (C=O) groups is 1. The topological polar surface area (TPSA) is 38.3 Å². The maximum absolute atomic E-state index is 12.1. The van der Waals surface area contributed by atoms with Crippen LogP contribution in [0.5, 0.6) is 5.75 Å². The van der Waals surface area contributed by atoms with E-state index >= 15 is 0 Å². The Balaban J connectivity index is 1.53. The van der Waals surface area contributed by atoms with Crippen LogP contribution in [0, 0.1) is 6.92 Å². The lowest BCUT2D eigenvalue weighted by molar-refractivity contribution is -0.123. The second kappa shape index (κ2) is 8.34. The van der Waals surface area contributed by atoms with Crippen molar-refractivity contribution in [2.45, 2.75) is 19.9 Å². The maximum atomic E-state index is 12.1. The standard InChI is InChI=1S/C23H23NO2/c1-17-8-10-20(11-9-17)21-12-14-22(15-13-21)26-16-23(25)24-18(2)19-6-4-3-5-7-19/h3-15,18H,16H2,1-2H3,(H,24,25)/t18-/m1/s1. The molecule has 3 rings (SSSR count). The van der Waals surface area contributed by atoms with Gasteiger partial charge in [-0.2, -0.15) is 0 Å². The van der Waals surface area contributed by atoms with Crippen LogP contribution in [0.2, 0.25) is 0 Å². The van der Waals surface area contributed by atoms with E-state index in [1.807, 2.05) is 61.5 Å². The normalized spacial score (nSPS) is 11.6. The summed E-state index contributed by atoms with van der Waals surface area (Å²) in [5, 5.41) is 2.94. The van der Waals surface area contributed by atoms with Gasteiger partial charge in [0.15, 0.2) is 6.61 Å². The number of rotatable bonds is 6. The van der Waals surface area contributed by atoms with Crippen LogP contribution in [0.3, 0.4) is 0 Å². The van der Waals surface area contributed by atoms with Crippen molar-refractivity contribution in [3.8, 4) is 16.9 Å². The Morgan fingerprint density at radius 1 is 0.885 bits per heavy atom. The van der Waals surface area contributed by atoms with Crippen molar-refractivity contribution in [3.63, 3.8) is 0 Å². The number of carbonyl (C=O) groups excluding carboxylic acids is 1. The summed E-state index contributed by atoms with van der Waals surface area (Å²) in [6.07, 6.45) is 0. The SMILES string of the molecule is Cc1ccc(-c2ccc(OCC(=O)N[C@H](C)c3ccccc3)cc2)cc1. The maximum Gasteiger partial charge on any atom is 0.258 e. The Morgan fingerprint density at radius 2 is 1.46 bits per heavy atom. The summed E-state index contributed by atoms with van der Waals surface area (Å²) in [5.41, 5.74) is 4.60. The van der Waals surface area contributed by atoms with E-state index in [9.17, 15) is 4.79 Å². The zero-order chi connectivity index (χ0) is 18.4. The zero-order valence-electron chi connectivity index (χ0n) is 15.1. The van der Waals surface area contributed by atoms with Gasteiger partial charge in [0.1, 0.15) is 5.75 Å². The molecule has 3 heteroatoms. The van der Waals surface area contributed by atoms with Crippen LogP contribution in [0.4, 0.5) is 0 Å². The Kier molecular flexibility index (Phi) is 5.69. The molecule has 3 nitrogen and oxygen atoms in total. The lowest BCUT2D eigenvalue weighted by Crippen LogP contribution is -2.31. The highest BCUT2D eigenvalue weighted by Crippen LogP contribution is 2.22. The van der Waals surface area contributed by atoms with Crippen molar-refractivity contribution in [3.05, 3.63) is 90.0 Å². The molecule has 0 saturated heterocycles. The van der Waals surface area contributed by atoms with E-state index in [2.05, 4.69) is 36.5 Å². The molecular weight excluding hydrogens is 322 g/mol. The van der Waals surface area contributed by atoms with Crippen molar-refractivity contribution in [2.24, 2.45) is 0 Å². The van der Waals surface area contributed by atoms with Crippen LogP contribution in [-0.4, -0.2) is 12.5 Å². The first-order chi connectivity index (χ1) is 12.6. The Bertz CT molecular complexity index is 840. The van der Waals surface area contributed by atoms with Gasteiger partial charge in [-0.05, 0) is 42.7 Å². The number of ether oxygens (including phenoxy) is 1. The van der Waals surface area contributed by atoms with Gasteiger partial charge in [-0.25, -0.2) is 0 Å². The smallest absolute Gasteiger partial charge is 0.258 e. The summed E-state index contributed by atoms with van der Waals surface area (Å²) in [4.78, 5) is 12.1. The van der Waals surface area contributed by atoms with Crippen molar-refractivity contribution in [1.82, 2.24) is 5.32 Å². The summed E-state index contributed by atoms with van der Waals surface area (Å²) in [6, 6.07) is 26.0. The summed E-state index contributed by atoms with van der Waals surface area (Å²) in [7, 11) is 0. The van der Waals surface area contributed by atoms with E-state index in [0.717, 1.165) is 16.7 Å². The van der Waals surface area contributed by atoms with Crippen LogP contribution in [0.1, 0.15) is 24.1 Å². The van der Waals surface area contributed by atoms with Gasteiger partial charge in [0.25, 0.3) is 5.91 Å². The minimum absolute atomic E-state index is 0.00104. The van der Waals surface area contributed by atoms with Gasteiger partial charge in [0.05, 0.1) is 6.04 Å². The zero-order valence-corrected chi connectivity index (χ0v) is 15.1. The molecule has 0 aromatic heterocycles. The van der Waals surface area contributed by atoms with Crippen LogP contribution < -0.4 is 10.1 Å². The molecule has 0 heterocycles. The van der Waals surface area contributed by atoms with Gasteiger partial charge in [0.2, 0.25) is 0 Å². The molecule has 3 aromatic carbocycles. The first-order valence-electron chi connectivity index (χ1n) is 8.76. The summed E-state index contributed by atoms with van der Waals surface area (Å²) in [6.45, 7) is 4.04. The molecule has 0 aliphatic rings. The molecule has 1 N–H and O–H groups in total. The first kappa shape index (κ1) is 17.7. The Morgan fingerprint density at radius 3 is 2.08 bits per heavy atom. The molecule has 0 fully saturated rings. The predicted octanol–water partition coefficient (Wildman–Crippen LogP) is 4.92. The Labute approximate surface area is 154 Å². The predicted molar refractivity (Wildman–Crippen MR) is 105 cm³/mol. The highest BCUT2D eigenvalue weighted by Gasteiger charge is 2.09. The molecule has 132 valence electrons. The third kappa shape index (κ3) is 4.73. The summed E-state index contributed by atoms with van der Waals surface area (Å²) in [5.74, 6) is 0.548. The van der Waals surface area contributed by atoms with Gasteiger partial charge in [-0.1, -0.05) is 72.3 Å². The van der Waals surface area contributed by atoms with Crippen molar-refractivity contribution in [1.29, 1.82) is 0 Å². The molecule has 0 aliphatic carbocycles. The molecule has 0 aliphatic heterocycles. The molecular formula is C23H23NO2. The molecule has 1 atom stereocenters. The number of nitrogens with one attached hydrogen (secondary N) is 1. The number of hydrogen-bond acceptors (Lipinski definition) is 2. The minimum atomic E-state index is -0.135. The number of aryl methyl sites for hydroxylation is 1. The second-order valence-electron chi connectivity index (χ2n) is 6.38. The van der Waals surface area contributed by atoms with E-state index < -0.39 is 0 Å². The molecule has 1 amide bonds. The van der Waals surface area contributed by atoms with Crippen LogP contribution >= 0.6 is 0 Å². The lowest BCUT2D eigenvalue weighted by atomic mass is 10.0. The van der Waals surface area contributed by atoms with Gasteiger partial charge in [-0.15, -0.1) is 0 Å². The molecule has 26 heavy (non-hydrogen) atoms. The monoisotopic (exact) mass is 345 g/mol. The molecule has 0 bridgehead atoms. The third-order valence-corrected chi connectivity index (χ3v) is 4.29. The van der Waals surface area contributed by atoms with Crippen molar-refractivity contribution in [2.75, 3.05) is 6.61 Å². The average molecular weight is 345 g/mol. The van der Waals surface area contributed by atoms with Crippen molar-refractivity contribution >= 4 is 5.91 Å². The molecule has 0 unspecified atom stereocenters. The average Bonchev–Trinajstić information content (AvgIpc) is 2.68. The molecule has 0 saturated carbocycles. The fourth-order valence-electron chi connectivity index (χ4n) is 2.75. The van der Waals surface area contributed by atoms with Gasteiger partial charge < -0.3 is 10.1 Å². The molecule has 0 spiro atoms. The molecule has 0 radical (unpaired) electrons. The highest BCUT2D eigenvalue weighted by molar-refractivity contribution is 5.78. The van der Waals surface area contributed by atoms with Crippen LogP contribution in [0.25, 0.3) is 11.1 Å². The summed E-state index contributed by atoms with van der Waals surface area (Å²) >= 11 is 0. The number of hydrogen-bond donors (Lipinski definition) is 1. The minimum Gasteiger partial charge on any atom is -0.484 e. The highest BCUT2D eigenvalue weighted by atomic mass is 16.5. The van der Waals surface area contributed by atoms with Gasteiger partial charge in [0, 0.05) is 0 Å². The van der Waals surface area contributed by atoms with Gasteiger partial charge >= 0.3 is 0 Å². The number of amides is 1. The Hall–Kier alpha value is -3.07. The van der Waals surface area contributed by atoms with E-state index in [-0.39, 0.29) is 18.6 Å². The van der Waals surface area contributed by atoms with Crippen LogP contribution in [-0.2, 0) is 4.79 Å². The second-order valence-corrected chi connectivity index (χ2v) is 6.38. The van der Waals surface area contributed by atoms with Crippen LogP contribution in [0.15, 0.2) is 78.9 Å². The van der Waals surface area contributed by atoms with Crippen molar-refractivity contribution < 1.29 is 9.53 Å². The summed E-state index contributed by atoms with van der Waals surface area (Å²) < 4.78 is 5.60. The lowest BCUT2D eigenvalue weighted by Gasteiger charge is -2.14. The number of benzene rings is 3. The van der Waals surface area contributed by atoms with E-state index in [1.165, 1.54) is 5.56 Å². The third-order valence-electron chi connectivity index (χ3n) is 4.29.